The number of rotatable bonds is 5. The zero-order valence-electron chi connectivity index (χ0n) is 10.2. The van der Waals surface area contributed by atoms with Gasteiger partial charge in [0, 0.05) is 0 Å². The zero-order chi connectivity index (χ0) is 18.6. The summed E-state index contributed by atoms with van der Waals surface area (Å²) in [5, 5.41) is -7.45. The molecular formula is C6HF12NaO3S. The first-order valence-corrected chi connectivity index (χ1v) is 5.74. The van der Waals surface area contributed by atoms with Crippen molar-refractivity contribution in [2.45, 2.75) is 35.4 Å². The molecule has 17 heteroatoms. The first-order chi connectivity index (χ1) is 9.15. The van der Waals surface area contributed by atoms with E-state index >= 15 is 0 Å². The summed E-state index contributed by atoms with van der Waals surface area (Å²) in [4.78, 5) is 0. The predicted molar refractivity (Wildman–Crippen MR) is 40.4 cm³/mol. The molecule has 3 nitrogen and oxygen atoms in total. The largest absolute Gasteiger partial charge is 1.00 e. The Morgan fingerprint density at radius 3 is 1.26 bits per heavy atom. The molecule has 0 N–H and O–H groups in total. The number of hydrogen-bond acceptors (Lipinski definition) is 3. The maximum Gasteiger partial charge on any atom is 1.00 e. The van der Waals surface area contributed by atoms with Gasteiger partial charge in [0.1, 0.15) is 0 Å². The van der Waals surface area contributed by atoms with Gasteiger partial charge in [-0.05, 0) is 0 Å². The SMILES string of the molecule is O=S(=O)([O-])C(F)(F)C(F)(F)C(F)(F)C(F)(F)C(F)C(F)(F)F.[Na+]. The van der Waals surface area contributed by atoms with Crippen molar-refractivity contribution in [1.29, 1.82) is 0 Å². The van der Waals surface area contributed by atoms with Crippen molar-refractivity contribution >= 4 is 10.1 Å². The Morgan fingerprint density at radius 2 is 1.04 bits per heavy atom. The van der Waals surface area contributed by atoms with E-state index in [1.165, 1.54) is 0 Å². The predicted octanol–water partition coefficient (Wildman–Crippen LogP) is -0.0653. The summed E-state index contributed by atoms with van der Waals surface area (Å²) in [5.41, 5.74) is 0. The zero-order valence-corrected chi connectivity index (χ0v) is 13.1. The van der Waals surface area contributed by atoms with Crippen LogP contribution in [0.15, 0.2) is 0 Å². The van der Waals surface area contributed by atoms with Crippen LogP contribution in [0.1, 0.15) is 0 Å². The molecule has 0 aromatic rings. The smallest absolute Gasteiger partial charge is 0.743 e. The van der Waals surface area contributed by atoms with Crippen molar-refractivity contribution in [3.05, 3.63) is 0 Å². The fourth-order valence-corrected chi connectivity index (χ4v) is 1.36. The van der Waals surface area contributed by atoms with Crippen molar-refractivity contribution < 1.29 is 95.2 Å². The van der Waals surface area contributed by atoms with E-state index < -0.39 is 45.5 Å². The maximum absolute atomic E-state index is 12.7. The minimum absolute atomic E-state index is 0. The number of alkyl halides is 12. The van der Waals surface area contributed by atoms with Gasteiger partial charge in [-0.3, -0.25) is 0 Å². The normalized spacial score (nSPS) is 16.7. The molecule has 1 unspecified atom stereocenters. The van der Waals surface area contributed by atoms with Crippen LogP contribution in [0.4, 0.5) is 52.7 Å². The van der Waals surface area contributed by atoms with Crippen molar-refractivity contribution in [3.8, 4) is 0 Å². The minimum Gasteiger partial charge on any atom is -0.743 e. The third-order valence-corrected chi connectivity index (χ3v) is 2.98. The van der Waals surface area contributed by atoms with E-state index in [-0.39, 0.29) is 29.6 Å². The Labute approximate surface area is 141 Å². The third-order valence-electron chi connectivity index (χ3n) is 2.10. The van der Waals surface area contributed by atoms with Gasteiger partial charge in [-0.25, -0.2) is 12.8 Å². The molecule has 0 aliphatic rings. The molecule has 0 fully saturated rings. The monoisotopic (exact) mass is 404 g/mol. The summed E-state index contributed by atoms with van der Waals surface area (Å²) >= 11 is 0. The fraction of sp³-hybridized carbons (Fsp3) is 1.00. The van der Waals surface area contributed by atoms with Gasteiger partial charge in [-0.15, -0.1) is 0 Å². The van der Waals surface area contributed by atoms with Crippen LogP contribution in [0.3, 0.4) is 0 Å². The summed E-state index contributed by atoms with van der Waals surface area (Å²) in [5.74, 6) is -23.2. The molecule has 0 saturated carbocycles. The van der Waals surface area contributed by atoms with E-state index in [0.29, 0.717) is 0 Å². The maximum atomic E-state index is 12.7. The second kappa shape index (κ2) is 6.42. The standard InChI is InChI=1S/C6H2F12O3S.Na/c7-1(3(10,11)12)2(8,9)4(13,14)5(15,16)6(17,18)22(19,20)21;/h1H,(H,19,20,21);/q;+1/p-1. The second-order valence-corrected chi connectivity index (χ2v) is 5.07. The Balaban J connectivity index is 0. The number of halogens is 12. The van der Waals surface area contributed by atoms with Crippen molar-refractivity contribution in [2.24, 2.45) is 0 Å². The Kier molecular flexibility index (Phi) is 7.06. The van der Waals surface area contributed by atoms with E-state index in [9.17, 15) is 65.7 Å². The molecule has 0 spiro atoms. The van der Waals surface area contributed by atoms with Gasteiger partial charge in [0.2, 0.25) is 0 Å². The van der Waals surface area contributed by atoms with Crippen molar-refractivity contribution in [2.75, 3.05) is 0 Å². The van der Waals surface area contributed by atoms with Gasteiger partial charge in [0.15, 0.2) is 10.1 Å². The van der Waals surface area contributed by atoms with Gasteiger partial charge in [-0.1, -0.05) is 0 Å². The van der Waals surface area contributed by atoms with Gasteiger partial charge in [-0.2, -0.15) is 48.3 Å². The van der Waals surface area contributed by atoms with Crippen LogP contribution < -0.4 is 29.6 Å². The van der Waals surface area contributed by atoms with Crippen LogP contribution in [0.25, 0.3) is 0 Å². The van der Waals surface area contributed by atoms with Gasteiger partial charge in [0.05, 0.1) is 0 Å². The van der Waals surface area contributed by atoms with Crippen molar-refractivity contribution in [3.63, 3.8) is 0 Å². The van der Waals surface area contributed by atoms with E-state index in [4.69, 9.17) is 0 Å². The van der Waals surface area contributed by atoms with Gasteiger partial charge in [0.25, 0.3) is 6.17 Å². The topological polar surface area (TPSA) is 57.2 Å². The molecule has 0 aliphatic carbocycles. The van der Waals surface area contributed by atoms with Gasteiger partial charge >= 0.3 is 58.8 Å². The molecule has 23 heavy (non-hydrogen) atoms. The second-order valence-electron chi connectivity index (χ2n) is 3.65. The molecule has 0 bridgehead atoms. The minimum atomic E-state index is -7.88. The molecule has 0 aliphatic heterocycles. The molecule has 0 rings (SSSR count). The van der Waals surface area contributed by atoms with Gasteiger partial charge < -0.3 is 4.55 Å². The third kappa shape index (κ3) is 3.85. The Bertz CT molecular complexity index is 525. The van der Waals surface area contributed by atoms with E-state index in [1.54, 1.807) is 0 Å². The molecule has 1 atom stereocenters. The summed E-state index contributed by atoms with van der Waals surface area (Å²) in [7, 11) is -7.72. The van der Waals surface area contributed by atoms with Crippen LogP contribution in [-0.2, 0) is 10.1 Å². The summed E-state index contributed by atoms with van der Waals surface area (Å²) in [6, 6.07) is 0. The van der Waals surface area contributed by atoms with Crippen LogP contribution >= 0.6 is 0 Å². The van der Waals surface area contributed by atoms with Crippen LogP contribution in [-0.4, -0.2) is 48.3 Å². The summed E-state index contributed by atoms with van der Waals surface area (Å²) < 4.78 is 177. The summed E-state index contributed by atoms with van der Waals surface area (Å²) in [6.45, 7) is 0. The molecule has 0 heterocycles. The Morgan fingerprint density at radius 1 is 0.739 bits per heavy atom. The van der Waals surface area contributed by atoms with E-state index in [2.05, 4.69) is 0 Å². The van der Waals surface area contributed by atoms with E-state index in [1.807, 2.05) is 0 Å². The van der Waals surface area contributed by atoms with Crippen molar-refractivity contribution in [1.82, 2.24) is 0 Å². The molecule has 134 valence electrons. The fourth-order valence-electron chi connectivity index (χ4n) is 0.914. The van der Waals surface area contributed by atoms with Crippen LogP contribution in [0.2, 0.25) is 0 Å². The molecule has 0 amide bonds. The average molecular weight is 404 g/mol. The van der Waals surface area contributed by atoms with Crippen LogP contribution in [0, 0.1) is 0 Å². The molecule has 0 radical (unpaired) electrons. The average Bonchev–Trinajstić information content (AvgIpc) is 2.24. The van der Waals surface area contributed by atoms with E-state index in [0.717, 1.165) is 0 Å². The molecule has 0 aromatic carbocycles. The number of hydrogen-bond donors (Lipinski definition) is 0. The van der Waals surface area contributed by atoms with Crippen LogP contribution in [0.5, 0.6) is 0 Å². The molecule has 0 saturated heterocycles. The summed E-state index contributed by atoms with van der Waals surface area (Å²) in [6.07, 6.45) is -12.9. The quantitative estimate of drug-likeness (QED) is 0.367. The first kappa shape index (κ1) is 25.3. The molecular weight excluding hydrogens is 403 g/mol. The first-order valence-electron chi connectivity index (χ1n) is 4.33. The molecule has 0 aromatic heterocycles. The Hall–Kier alpha value is 0.0700.